The van der Waals surface area contributed by atoms with Crippen LogP contribution in [0.2, 0.25) is 0 Å². The summed E-state index contributed by atoms with van der Waals surface area (Å²) in [6.45, 7) is 0. The van der Waals surface area contributed by atoms with Crippen LogP contribution in [-0.4, -0.2) is 34.7 Å². The van der Waals surface area contributed by atoms with Crippen LogP contribution in [0.1, 0.15) is 0 Å². The highest BCUT2D eigenvalue weighted by Gasteiger charge is 1.88. The first-order valence-corrected chi connectivity index (χ1v) is 6.94. The molecule has 0 aliphatic heterocycles. The van der Waals surface area contributed by atoms with E-state index >= 15 is 0 Å². The molecular formula is C6H12O2S4. The molecule has 0 aliphatic carbocycles. The van der Waals surface area contributed by atoms with E-state index in [-0.39, 0.29) is 4.45 Å². The lowest BCUT2D eigenvalue weighted by Gasteiger charge is -1.90. The van der Waals surface area contributed by atoms with Crippen molar-refractivity contribution in [3.63, 3.8) is 0 Å². The summed E-state index contributed by atoms with van der Waals surface area (Å²) in [5.74, 6) is 0. The Morgan fingerprint density at radius 3 is 1.58 bits per heavy atom. The van der Waals surface area contributed by atoms with E-state index in [1.807, 2.05) is 6.26 Å². The number of thioether (sulfide) groups is 3. The molecule has 72 valence electrons. The second-order valence-electron chi connectivity index (χ2n) is 1.32. The predicted octanol–water partition coefficient (Wildman–Crippen LogP) is 3.11. The summed E-state index contributed by atoms with van der Waals surface area (Å²) in [4.78, 5) is 10.1. The monoisotopic (exact) mass is 244 g/mol. The Hall–Kier alpha value is 0.610. The largest absolute Gasteiger partial charge is 0.482 e. The minimum atomic E-state index is 0.176. The van der Waals surface area contributed by atoms with Crippen LogP contribution < -0.4 is 0 Å². The maximum Gasteiger partial charge on any atom is 0.245 e. The van der Waals surface area contributed by atoms with Crippen molar-refractivity contribution < 1.29 is 9.53 Å². The summed E-state index contributed by atoms with van der Waals surface area (Å²) >= 11 is 8.53. The molecule has 0 saturated heterocycles. The van der Waals surface area contributed by atoms with Crippen molar-refractivity contribution in [2.24, 2.45) is 0 Å². The number of ether oxygens (including phenoxy) is 1. The van der Waals surface area contributed by atoms with E-state index in [0.717, 1.165) is 0 Å². The van der Waals surface area contributed by atoms with Gasteiger partial charge < -0.3 is 4.74 Å². The molecule has 0 aromatic heterocycles. The van der Waals surface area contributed by atoms with E-state index in [9.17, 15) is 4.79 Å². The predicted molar refractivity (Wildman–Crippen MR) is 65.5 cm³/mol. The molecule has 6 heteroatoms. The molecule has 0 atom stereocenters. The highest BCUT2D eigenvalue weighted by Crippen LogP contribution is 2.07. The number of thiocarbonyl (C=S) groups is 1. The number of methoxy groups -OCH3 is 1. The Labute approximate surface area is 91.6 Å². The van der Waals surface area contributed by atoms with Gasteiger partial charge in [0.2, 0.25) is 8.83 Å². The summed E-state index contributed by atoms with van der Waals surface area (Å²) in [7, 11) is 1.57. The van der Waals surface area contributed by atoms with Gasteiger partial charge in [-0.3, -0.25) is 4.79 Å². The molecule has 0 aliphatic rings. The Morgan fingerprint density at radius 2 is 1.58 bits per heavy atom. The van der Waals surface area contributed by atoms with E-state index in [0.29, 0.717) is 4.38 Å². The molecule has 0 N–H and O–H groups in total. The summed E-state index contributed by atoms with van der Waals surface area (Å²) in [5, 5.41) is 0. The van der Waals surface area contributed by atoms with Crippen LogP contribution in [-0.2, 0) is 4.74 Å². The molecule has 12 heavy (non-hydrogen) atoms. The second kappa shape index (κ2) is 11.6. The van der Waals surface area contributed by atoms with Crippen LogP contribution in [0.5, 0.6) is 0 Å². The van der Waals surface area contributed by atoms with Gasteiger partial charge in [0, 0.05) is 0 Å². The minimum absolute atomic E-state index is 0.176. The topological polar surface area (TPSA) is 26.3 Å². The maximum atomic E-state index is 10.1. The van der Waals surface area contributed by atoms with Crippen LogP contribution >= 0.6 is 47.5 Å². The zero-order chi connectivity index (χ0) is 9.98. The molecule has 0 aromatic carbocycles. The quantitative estimate of drug-likeness (QED) is 0.608. The fraction of sp³-hybridized carbons (Fsp3) is 0.667. The van der Waals surface area contributed by atoms with Gasteiger partial charge in [0.05, 0.1) is 7.11 Å². The number of carbonyl (C=O) groups is 1. The normalized spacial score (nSPS) is 8.00. The summed E-state index contributed by atoms with van der Waals surface area (Å²) in [5.41, 5.74) is 0. The average molecular weight is 244 g/mol. The van der Waals surface area contributed by atoms with E-state index in [4.69, 9.17) is 0 Å². The first-order valence-electron chi connectivity index (χ1n) is 2.86. The molecule has 0 spiro atoms. The molecule has 0 unspecified atom stereocenters. The zero-order valence-electron chi connectivity index (χ0n) is 7.45. The molecule has 0 amide bonds. The molecule has 0 rings (SSSR count). The van der Waals surface area contributed by atoms with Crippen molar-refractivity contribution in [3.8, 4) is 0 Å². The zero-order valence-corrected chi connectivity index (χ0v) is 10.7. The molecule has 0 aromatic rings. The van der Waals surface area contributed by atoms with Crippen molar-refractivity contribution in [1.29, 1.82) is 0 Å². The van der Waals surface area contributed by atoms with Crippen molar-refractivity contribution >= 4 is 56.3 Å². The average Bonchev–Trinajstić information content (AvgIpc) is 2.16. The van der Waals surface area contributed by atoms with Gasteiger partial charge in [-0.25, -0.2) is 0 Å². The number of carbonyl (C=O) groups excluding carboxylic acids is 1. The number of rotatable bonds is 0. The lowest BCUT2D eigenvalue weighted by molar-refractivity contribution is 0.276. The van der Waals surface area contributed by atoms with Crippen LogP contribution in [0.25, 0.3) is 0 Å². The Morgan fingerprint density at radius 1 is 1.17 bits per heavy atom. The van der Waals surface area contributed by atoms with E-state index < -0.39 is 0 Å². The third kappa shape index (κ3) is 13.2. The third-order valence-electron chi connectivity index (χ3n) is 0.667. The molecule has 0 heterocycles. The van der Waals surface area contributed by atoms with E-state index in [2.05, 4.69) is 17.0 Å². The Bertz CT molecular complexity index is 110. The van der Waals surface area contributed by atoms with Crippen molar-refractivity contribution in [1.82, 2.24) is 0 Å². The lowest BCUT2D eigenvalue weighted by Crippen LogP contribution is -1.85. The third-order valence-corrected chi connectivity index (χ3v) is 3.50. The van der Waals surface area contributed by atoms with Gasteiger partial charge in [-0.15, -0.1) is 0 Å². The van der Waals surface area contributed by atoms with E-state index in [1.54, 1.807) is 19.6 Å². The van der Waals surface area contributed by atoms with Crippen molar-refractivity contribution in [3.05, 3.63) is 0 Å². The van der Waals surface area contributed by atoms with Crippen LogP contribution in [0.4, 0.5) is 4.79 Å². The van der Waals surface area contributed by atoms with Crippen LogP contribution in [0.3, 0.4) is 0 Å². The Kier molecular flexibility index (Phi) is 14.6. The molecule has 0 fully saturated rings. The molecule has 0 radical (unpaired) electrons. The summed E-state index contributed by atoms with van der Waals surface area (Å²) < 4.78 is 5.36. The standard InChI is InChI=1S/2C3H6OS2/c1-5-3(4)6-2;1-4-3(5)6-2/h2*1-2H3. The fourth-order valence-electron chi connectivity index (χ4n) is 0.167. The van der Waals surface area contributed by atoms with Gasteiger partial charge in [-0.1, -0.05) is 35.3 Å². The highest BCUT2D eigenvalue weighted by molar-refractivity contribution is 8.38. The SMILES string of the molecule is COC(=S)SC.CSC(=O)SC. The molecule has 2 nitrogen and oxygen atoms in total. The van der Waals surface area contributed by atoms with Gasteiger partial charge in [0.15, 0.2) is 0 Å². The highest BCUT2D eigenvalue weighted by atomic mass is 32.2. The molecular weight excluding hydrogens is 232 g/mol. The van der Waals surface area contributed by atoms with Gasteiger partial charge in [-0.2, -0.15) is 0 Å². The summed E-state index contributed by atoms with van der Waals surface area (Å²) in [6, 6.07) is 0. The van der Waals surface area contributed by atoms with Gasteiger partial charge in [0.25, 0.3) is 0 Å². The van der Waals surface area contributed by atoms with Gasteiger partial charge >= 0.3 is 0 Å². The number of hydrogen-bond acceptors (Lipinski definition) is 6. The number of hydrogen-bond donors (Lipinski definition) is 0. The second-order valence-corrected chi connectivity index (χ2v) is 4.54. The van der Waals surface area contributed by atoms with Gasteiger partial charge in [0.1, 0.15) is 0 Å². The van der Waals surface area contributed by atoms with Crippen LogP contribution in [0.15, 0.2) is 0 Å². The smallest absolute Gasteiger partial charge is 0.245 e. The Balaban J connectivity index is 0. The fourth-order valence-corrected chi connectivity index (χ4v) is 1.000. The van der Waals surface area contributed by atoms with Crippen molar-refractivity contribution in [2.45, 2.75) is 0 Å². The summed E-state index contributed by atoms with van der Waals surface area (Å²) in [6.07, 6.45) is 5.43. The minimum Gasteiger partial charge on any atom is -0.482 e. The van der Waals surface area contributed by atoms with Crippen LogP contribution in [0, 0.1) is 0 Å². The maximum absolute atomic E-state index is 10.1. The first-order chi connectivity index (χ1) is 5.62. The lowest BCUT2D eigenvalue weighted by atomic mass is 11.5. The van der Waals surface area contributed by atoms with Gasteiger partial charge in [-0.05, 0) is 31.0 Å². The van der Waals surface area contributed by atoms with Crippen molar-refractivity contribution in [2.75, 3.05) is 25.9 Å². The molecule has 0 bridgehead atoms. The molecule has 0 saturated carbocycles. The van der Waals surface area contributed by atoms with E-state index in [1.165, 1.54) is 35.3 Å². The first kappa shape index (κ1) is 15.1.